The number of hydrogen-bond donors (Lipinski definition) is 1. The minimum Gasteiger partial charge on any atom is -0.497 e. The number of tetrazole rings is 1. The van der Waals surface area contributed by atoms with E-state index in [9.17, 15) is 4.79 Å². The molecule has 1 N–H and O–H groups in total. The van der Waals surface area contributed by atoms with E-state index < -0.39 is 6.04 Å². The van der Waals surface area contributed by atoms with Crippen LogP contribution in [0.4, 0.5) is 5.69 Å². The van der Waals surface area contributed by atoms with Gasteiger partial charge in [-0.25, -0.2) is 0 Å². The van der Waals surface area contributed by atoms with Crippen LogP contribution in [0.25, 0.3) is 11.4 Å². The Bertz CT molecular complexity index is 876. The van der Waals surface area contributed by atoms with Crippen LogP contribution in [0.3, 0.4) is 0 Å². The molecule has 0 spiro atoms. The number of amides is 1. The van der Waals surface area contributed by atoms with Crippen molar-refractivity contribution in [2.45, 2.75) is 19.9 Å². The molecule has 7 heteroatoms. The second-order valence-corrected chi connectivity index (χ2v) is 6.21. The first kappa shape index (κ1) is 17.6. The van der Waals surface area contributed by atoms with E-state index >= 15 is 0 Å². The van der Waals surface area contributed by atoms with Crippen LogP contribution >= 0.6 is 0 Å². The fourth-order valence-corrected chi connectivity index (χ4v) is 2.64. The van der Waals surface area contributed by atoms with Crippen molar-refractivity contribution in [2.24, 2.45) is 5.92 Å². The molecule has 0 aliphatic carbocycles. The summed E-state index contributed by atoms with van der Waals surface area (Å²) in [6.07, 6.45) is 0. The number of aromatic nitrogens is 4. The summed E-state index contributed by atoms with van der Waals surface area (Å²) in [6.45, 7) is 3.89. The van der Waals surface area contributed by atoms with Gasteiger partial charge in [-0.1, -0.05) is 50.2 Å². The molecule has 0 aliphatic rings. The predicted octanol–water partition coefficient (Wildman–Crippen LogP) is 3.18. The number of anilines is 1. The maximum absolute atomic E-state index is 12.8. The molecule has 3 aromatic rings. The van der Waals surface area contributed by atoms with Crippen LogP contribution < -0.4 is 10.1 Å². The predicted molar refractivity (Wildman–Crippen MR) is 98.8 cm³/mol. The Morgan fingerprint density at radius 2 is 1.88 bits per heavy atom. The molecule has 134 valence electrons. The first-order chi connectivity index (χ1) is 12.6. The first-order valence-electron chi connectivity index (χ1n) is 8.38. The summed E-state index contributed by atoms with van der Waals surface area (Å²) in [7, 11) is 1.59. The highest BCUT2D eigenvalue weighted by Crippen LogP contribution is 2.22. The fourth-order valence-electron chi connectivity index (χ4n) is 2.64. The van der Waals surface area contributed by atoms with E-state index in [-0.39, 0.29) is 11.8 Å². The molecule has 3 rings (SSSR count). The van der Waals surface area contributed by atoms with Gasteiger partial charge in [0.15, 0.2) is 6.04 Å². The third-order valence-electron chi connectivity index (χ3n) is 3.95. The first-order valence-corrected chi connectivity index (χ1v) is 8.38. The molecule has 7 nitrogen and oxygen atoms in total. The Hall–Kier alpha value is -3.22. The zero-order valence-corrected chi connectivity index (χ0v) is 15.0. The van der Waals surface area contributed by atoms with E-state index in [2.05, 4.69) is 20.7 Å². The molecule has 0 fully saturated rings. The van der Waals surface area contributed by atoms with Crippen molar-refractivity contribution in [2.75, 3.05) is 12.4 Å². The largest absolute Gasteiger partial charge is 0.497 e. The van der Waals surface area contributed by atoms with Crippen molar-refractivity contribution in [3.63, 3.8) is 0 Å². The number of hydrogen-bond acceptors (Lipinski definition) is 5. The number of nitrogens with zero attached hydrogens (tertiary/aromatic N) is 4. The van der Waals surface area contributed by atoms with Gasteiger partial charge in [0.05, 0.1) is 7.11 Å². The summed E-state index contributed by atoms with van der Waals surface area (Å²) >= 11 is 0. The molecular formula is C19H21N5O2. The fraction of sp³-hybridized carbons (Fsp3) is 0.263. The van der Waals surface area contributed by atoms with Crippen LogP contribution in [0.2, 0.25) is 0 Å². The van der Waals surface area contributed by atoms with E-state index in [0.29, 0.717) is 17.3 Å². The van der Waals surface area contributed by atoms with Crippen molar-refractivity contribution in [1.82, 2.24) is 20.2 Å². The van der Waals surface area contributed by atoms with E-state index in [1.807, 2.05) is 62.4 Å². The minimum atomic E-state index is -0.578. The molecule has 1 atom stereocenters. The standard InChI is InChI=1S/C19H21N5O2/c1-13(2)17(19(25)20-15-10-7-11-16(12-15)26-3)24-22-18(21-23-24)14-8-5-4-6-9-14/h4-13,17H,1-3H3,(H,20,25). The third-order valence-corrected chi connectivity index (χ3v) is 3.95. The van der Waals surface area contributed by atoms with Crippen molar-refractivity contribution in [1.29, 1.82) is 0 Å². The Labute approximate surface area is 152 Å². The van der Waals surface area contributed by atoms with Crippen LogP contribution in [0.15, 0.2) is 54.6 Å². The monoisotopic (exact) mass is 351 g/mol. The van der Waals surface area contributed by atoms with Crippen LogP contribution in [0.1, 0.15) is 19.9 Å². The van der Waals surface area contributed by atoms with Crippen molar-refractivity contribution < 1.29 is 9.53 Å². The summed E-state index contributed by atoms with van der Waals surface area (Å²) < 4.78 is 5.19. The van der Waals surface area contributed by atoms with Crippen LogP contribution in [0, 0.1) is 5.92 Å². The van der Waals surface area contributed by atoms with E-state index in [1.165, 1.54) is 4.80 Å². The zero-order valence-electron chi connectivity index (χ0n) is 15.0. The Balaban J connectivity index is 1.83. The highest BCUT2D eigenvalue weighted by Gasteiger charge is 2.27. The van der Waals surface area contributed by atoms with Gasteiger partial charge in [0, 0.05) is 17.3 Å². The summed E-state index contributed by atoms with van der Waals surface area (Å²) in [5.41, 5.74) is 1.51. The summed E-state index contributed by atoms with van der Waals surface area (Å²) in [5, 5.41) is 15.5. The van der Waals surface area contributed by atoms with Crippen LogP contribution in [0.5, 0.6) is 5.75 Å². The topological polar surface area (TPSA) is 81.9 Å². The SMILES string of the molecule is COc1cccc(NC(=O)C(C(C)C)n2nnc(-c3ccccc3)n2)c1. The maximum Gasteiger partial charge on any atom is 0.251 e. The second-order valence-electron chi connectivity index (χ2n) is 6.21. The van der Waals surface area contributed by atoms with Gasteiger partial charge in [-0.15, -0.1) is 10.2 Å². The average Bonchev–Trinajstić information content (AvgIpc) is 3.12. The van der Waals surface area contributed by atoms with Gasteiger partial charge in [-0.05, 0) is 23.3 Å². The molecule has 0 radical (unpaired) electrons. The number of ether oxygens (including phenoxy) is 1. The minimum absolute atomic E-state index is 0.0153. The normalized spacial score (nSPS) is 12.0. The van der Waals surface area contributed by atoms with Gasteiger partial charge in [0.1, 0.15) is 5.75 Å². The Morgan fingerprint density at radius 1 is 1.12 bits per heavy atom. The molecule has 0 aliphatic heterocycles. The number of nitrogens with one attached hydrogen (secondary N) is 1. The molecule has 0 bridgehead atoms. The lowest BCUT2D eigenvalue weighted by Gasteiger charge is -2.19. The van der Waals surface area contributed by atoms with Gasteiger partial charge >= 0.3 is 0 Å². The number of methoxy groups -OCH3 is 1. The van der Waals surface area contributed by atoms with E-state index in [1.54, 1.807) is 13.2 Å². The molecular weight excluding hydrogens is 330 g/mol. The molecule has 26 heavy (non-hydrogen) atoms. The molecule has 0 saturated carbocycles. The molecule has 1 aromatic heterocycles. The Kier molecular flexibility index (Phi) is 5.26. The molecule has 1 unspecified atom stereocenters. The van der Waals surface area contributed by atoms with Crippen molar-refractivity contribution >= 4 is 11.6 Å². The summed E-state index contributed by atoms with van der Waals surface area (Å²) in [4.78, 5) is 14.2. The van der Waals surface area contributed by atoms with Crippen molar-refractivity contribution in [3.8, 4) is 17.1 Å². The second kappa shape index (κ2) is 7.77. The number of carbonyl (C=O) groups is 1. The maximum atomic E-state index is 12.8. The number of benzene rings is 2. The number of carbonyl (C=O) groups excluding carboxylic acids is 1. The smallest absolute Gasteiger partial charge is 0.251 e. The highest BCUT2D eigenvalue weighted by molar-refractivity contribution is 5.93. The zero-order chi connectivity index (χ0) is 18.5. The summed E-state index contributed by atoms with van der Waals surface area (Å²) in [6, 6.07) is 16.2. The Morgan fingerprint density at radius 3 is 2.58 bits per heavy atom. The molecule has 0 saturated heterocycles. The highest BCUT2D eigenvalue weighted by atomic mass is 16.5. The lowest BCUT2D eigenvalue weighted by Crippen LogP contribution is -2.31. The van der Waals surface area contributed by atoms with Gasteiger partial charge in [-0.3, -0.25) is 4.79 Å². The summed E-state index contributed by atoms with van der Waals surface area (Å²) in [5.74, 6) is 0.947. The average molecular weight is 351 g/mol. The van der Waals surface area contributed by atoms with E-state index in [4.69, 9.17) is 4.74 Å². The lowest BCUT2D eigenvalue weighted by atomic mass is 10.0. The van der Waals surface area contributed by atoms with Gasteiger partial charge < -0.3 is 10.1 Å². The van der Waals surface area contributed by atoms with Gasteiger partial charge in [0.2, 0.25) is 5.82 Å². The van der Waals surface area contributed by atoms with Gasteiger partial charge in [0.25, 0.3) is 5.91 Å². The van der Waals surface area contributed by atoms with Crippen LogP contribution in [-0.4, -0.2) is 33.2 Å². The van der Waals surface area contributed by atoms with E-state index in [0.717, 1.165) is 5.56 Å². The molecule has 1 heterocycles. The van der Waals surface area contributed by atoms with Crippen LogP contribution in [-0.2, 0) is 4.79 Å². The molecule has 1 amide bonds. The third kappa shape index (κ3) is 3.88. The van der Waals surface area contributed by atoms with Crippen molar-refractivity contribution in [3.05, 3.63) is 54.6 Å². The lowest BCUT2D eigenvalue weighted by molar-refractivity contribution is -0.121. The van der Waals surface area contributed by atoms with Gasteiger partial charge in [-0.2, -0.15) is 4.80 Å². The molecule has 2 aromatic carbocycles. The quantitative estimate of drug-likeness (QED) is 0.737. The number of rotatable bonds is 6.